The van der Waals surface area contributed by atoms with Crippen molar-refractivity contribution in [2.45, 2.75) is 19.5 Å². The van der Waals surface area contributed by atoms with E-state index in [0.29, 0.717) is 18.4 Å². The molecule has 1 aromatic heterocycles. The van der Waals surface area contributed by atoms with E-state index in [0.717, 1.165) is 15.7 Å². The minimum Gasteiger partial charge on any atom is -0.444 e. The fourth-order valence-corrected chi connectivity index (χ4v) is 3.21. The molecule has 1 heterocycles. The summed E-state index contributed by atoms with van der Waals surface area (Å²) >= 11 is 3.59. The van der Waals surface area contributed by atoms with E-state index in [1.165, 1.54) is 5.56 Å². The Balaban J connectivity index is 1.60. The van der Waals surface area contributed by atoms with E-state index in [2.05, 4.69) is 49.5 Å². The van der Waals surface area contributed by atoms with Crippen molar-refractivity contribution in [3.63, 3.8) is 0 Å². The van der Waals surface area contributed by atoms with E-state index in [1.807, 2.05) is 48.5 Å². The first-order valence-corrected chi connectivity index (χ1v) is 9.18. The summed E-state index contributed by atoms with van der Waals surface area (Å²) in [5, 5.41) is 6.65. The third-order valence-corrected chi connectivity index (χ3v) is 4.68. The van der Waals surface area contributed by atoms with Gasteiger partial charge in [-0.15, -0.1) is 0 Å². The fourth-order valence-electron chi connectivity index (χ4n) is 2.58. The Hall–Kier alpha value is -2.60. The van der Waals surface area contributed by atoms with Crippen LogP contribution < -0.4 is 10.6 Å². The Morgan fingerprint density at radius 2 is 1.88 bits per heavy atom. The fraction of sp³-hybridized carbons (Fsp3) is 0.200. The van der Waals surface area contributed by atoms with Crippen LogP contribution in [0.5, 0.6) is 0 Å². The van der Waals surface area contributed by atoms with Crippen LogP contribution in [0.25, 0.3) is 11.5 Å². The van der Waals surface area contributed by atoms with Crippen molar-refractivity contribution < 1.29 is 4.42 Å². The molecule has 0 radical (unpaired) electrons. The maximum Gasteiger partial charge on any atom is 0.226 e. The third-order valence-electron chi connectivity index (χ3n) is 3.96. The normalized spacial score (nSPS) is 12.7. The van der Waals surface area contributed by atoms with E-state index >= 15 is 0 Å². The second-order valence-electron chi connectivity index (χ2n) is 5.82. The van der Waals surface area contributed by atoms with Crippen LogP contribution in [-0.4, -0.2) is 18.0 Å². The molecule has 1 atom stereocenters. The maximum absolute atomic E-state index is 5.57. The maximum atomic E-state index is 5.57. The summed E-state index contributed by atoms with van der Waals surface area (Å²) in [4.78, 5) is 8.80. The molecule has 0 spiro atoms. The lowest BCUT2D eigenvalue weighted by atomic mass is 10.1. The highest BCUT2D eigenvalue weighted by Gasteiger charge is 2.11. The predicted octanol–water partition coefficient (Wildman–Crippen LogP) is 4.53. The second kappa shape index (κ2) is 8.67. The molecule has 3 aromatic rings. The standard InChI is InChI=1S/C20H21BrN4O/c1-14(17-10-6-7-11-18(17)21)24-20(22-2)23-12-16-13-26-19(25-16)15-8-4-3-5-9-15/h3-11,13-14H,12H2,1-2H3,(H2,22,23,24). The predicted molar refractivity (Wildman–Crippen MR) is 108 cm³/mol. The van der Waals surface area contributed by atoms with Crippen LogP contribution in [0.3, 0.4) is 0 Å². The zero-order chi connectivity index (χ0) is 18.4. The van der Waals surface area contributed by atoms with Crippen molar-refractivity contribution in [3.05, 3.63) is 76.6 Å². The lowest BCUT2D eigenvalue weighted by Gasteiger charge is -2.19. The van der Waals surface area contributed by atoms with Gasteiger partial charge in [0.15, 0.2) is 5.96 Å². The average Bonchev–Trinajstić information content (AvgIpc) is 3.15. The van der Waals surface area contributed by atoms with Crippen molar-refractivity contribution in [1.82, 2.24) is 15.6 Å². The molecule has 1 unspecified atom stereocenters. The molecule has 134 valence electrons. The topological polar surface area (TPSA) is 62.5 Å². The Labute approximate surface area is 161 Å². The number of halogens is 1. The summed E-state index contributed by atoms with van der Waals surface area (Å²) in [5.41, 5.74) is 2.95. The van der Waals surface area contributed by atoms with Gasteiger partial charge < -0.3 is 15.1 Å². The monoisotopic (exact) mass is 412 g/mol. The lowest BCUT2D eigenvalue weighted by molar-refractivity contribution is 0.572. The molecule has 0 aliphatic heterocycles. The Kier molecular flexibility index (Phi) is 6.07. The molecule has 0 bridgehead atoms. The Morgan fingerprint density at radius 1 is 1.15 bits per heavy atom. The van der Waals surface area contributed by atoms with Crippen LogP contribution in [0.2, 0.25) is 0 Å². The van der Waals surface area contributed by atoms with Gasteiger partial charge in [0.1, 0.15) is 6.26 Å². The first kappa shape index (κ1) is 18.2. The van der Waals surface area contributed by atoms with Gasteiger partial charge in [0.25, 0.3) is 0 Å². The highest BCUT2D eigenvalue weighted by Crippen LogP contribution is 2.22. The lowest BCUT2D eigenvalue weighted by Crippen LogP contribution is -2.38. The molecule has 0 aliphatic carbocycles. The molecular weight excluding hydrogens is 392 g/mol. The quantitative estimate of drug-likeness (QED) is 0.477. The summed E-state index contributed by atoms with van der Waals surface area (Å²) in [6.45, 7) is 2.62. The number of rotatable bonds is 5. The first-order valence-electron chi connectivity index (χ1n) is 8.39. The number of hydrogen-bond donors (Lipinski definition) is 2. The number of aromatic nitrogens is 1. The van der Waals surface area contributed by atoms with Gasteiger partial charge in [-0.2, -0.15) is 0 Å². The van der Waals surface area contributed by atoms with E-state index in [-0.39, 0.29) is 6.04 Å². The number of aliphatic imine (C=N–C) groups is 1. The first-order chi connectivity index (χ1) is 12.7. The number of nitrogens with zero attached hydrogens (tertiary/aromatic N) is 2. The van der Waals surface area contributed by atoms with Crippen molar-refractivity contribution in [3.8, 4) is 11.5 Å². The van der Waals surface area contributed by atoms with Crippen molar-refractivity contribution in [2.75, 3.05) is 7.05 Å². The smallest absolute Gasteiger partial charge is 0.226 e. The molecule has 0 amide bonds. The molecule has 3 rings (SSSR count). The van der Waals surface area contributed by atoms with Crippen molar-refractivity contribution >= 4 is 21.9 Å². The van der Waals surface area contributed by atoms with Crippen LogP contribution in [0, 0.1) is 0 Å². The highest BCUT2D eigenvalue weighted by atomic mass is 79.9. The molecule has 0 aliphatic rings. The molecule has 6 heteroatoms. The number of benzene rings is 2. The molecule has 2 N–H and O–H groups in total. The van der Waals surface area contributed by atoms with Gasteiger partial charge in [-0.25, -0.2) is 4.98 Å². The number of guanidine groups is 1. The van der Waals surface area contributed by atoms with Gasteiger partial charge in [-0.3, -0.25) is 4.99 Å². The Morgan fingerprint density at radius 3 is 2.62 bits per heavy atom. The van der Waals surface area contributed by atoms with E-state index in [9.17, 15) is 0 Å². The molecule has 2 aromatic carbocycles. The minimum atomic E-state index is 0.106. The average molecular weight is 413 g/mol. The molecule has 26 heavy (non-hydrogen) atoms. The summed E-state index contributed by atoms with van der Waals surface area (Å²) in [7, 11) is 1.75. The SMILES string of the molecule is CN=C(NCc1coc(-c2ccccc2)n1)NC(C)c1ccccc1Br. The van der Waals surface area contributed by atoms with Crippen molar-refractivity contribution in [2.24, 2.45) is 4.99 Å². The van der Waals surface area contributed by atoms with Gasteiger partial charge in [-0.05, 0) is 30.7 Å². The van der Waals surface area contributed by atoms with Crippen LogP contribution in [0.4, 0.5) is 0 Å². The zero-order valence-electron chi connectivity index (χ0n) is 14.7. The highest BCUT2D eigenvalue weighted by molar-refractivity contribution is 9.10. The summed E-state index contributed by atoms with van der Waals surface area (Å²) in [6.07, 6.45) is 1.67. The van der Waals surface area contributed by atoms with Gasteiger partial charge in [0.05, 0.1) is 18.3 Å². The largest absolute Gasteiger partial charge is 0.444 e. The molecular formula is C20H21BrN4O. The van der Waals surface area contributed by atoms with Crippen LogP contribution in [0.1, 0.15) is 24.2 Å². The number of nitrogens with one attached hydrogen (secondary N) is 2. The second-order valence-corrected chi connectivity index (χ2v) is 6.68. The van der Waals surface area contributed by atoms with Gasteiger partial charge in [0, 0.05) is 17.1 Å². The Bertz CT molecular complexity index is 876. The van der Waals surface area contributed by atoms with Crippen LogP contribution in [-0.2, 0) is 6.54 Å². The minimum absolute atomic E-state index is 0.106. The van der Waals surface area contributed by atoms with Gasteiger partial charge in [0.2, 0.25) is 5.89 Å². The molecule has 0 saturated carbocycles. The summed E-state index contributed by atoms with van der Waals surface area (Å²) in [5.74, 6) is 1.32. The van der Waals surface area contributed by atoms with Gasteiger partial charge in [-0.1, -0.05) is 52.3 Å². The molecule has 0 fully saturated rings. The van der Waals surface area contributed by atoms with E-state index in [1.54, 1.807) is 13.3 Å². The van der Waals surface area contributed by atoms with Crippen LogP contribution >= 0.6 is 15.9 Å². The van der Waals surface area contributed by atoms with E-state index in [4.69, 9.17) is 4.42 Å². The summed E-state index contributed by atoms with van der Waals surface area (Å²) in [6, 6.07) is 18.1. The molecule has 0 saturated heterocycles. The number of oxazole rings is 1. The van der Waals surface area contributed by atoms with E-state index < -0.39 is 0 Å². The van der Waals surface area contributed by atoms with Crippen molar-refractivity contribution in [1.29, 1.82) is 0 Å². The third kappa shape index (κ3) is 4.52. The van der Waals surface area contributed by atoms with Gasteiger partial charge >= 0.3 is 0 Å². The zero-order valence-corrected chi connectivity index (χ0v) is 16.3. The number of hydrogen-bond acceptors (Lipinski definition) is 3. The molecule has 5 nitrogen and oxygen atoms in total. The van der Waals surface area contributed by atoms with Crippen LogP contribution in [0.15, 0.2) is 74.7 Å². The summed E-state index contributed by atoms with van der Waals surface area (Å²) < 4.78 is 6.63.